The number of anilines is 1. The summed E-state index contributed by atoms with van der Waals surface area (Å²) < 4.78 is 40.5. The number of hydrogen-bond acceptors (Lipinski definition) is 4. The van der Waals surface area contributed by atoms with Gasteiger partial charge in [-0.15, -0.1) is 0 Å². The average Bonchev–Trinajstić information content (AvgIpc) is 2.56. The Kier molecular flexibility index (Phi) is 4.80. The van der Waals surface area contributed by atoms with E-state index in [9.17, 15) is 22.8 Å². The molecule has 25 heavy (non-hydrogen) atoms. The maximum atomic E-state index is 13.8. The number of Topliss-reactive ketones (excluding diaryl/α,β-unsaturated/α-hetero) is 1. The third kappa shape index (κ3) is 3.53. The molecule has 1 N–H and O–H groups in total. The van der Waals surface area contributed by atoms with Crippen molar-refractivity contribution in [3.05, 3.63) is 56.7 Å². The van der Waals surface area contributed by atoms with Gasteiger partial charge in [-0.1, -0.05) is 11.6 Å². The van der Waals surface area contributed by atoms with Crippen molar-refractivity contribution in [3.8, 4) is 0 Å². The zero-order chi connectivity index (χ0) is 18.1. The predicted octanol–water partition coefficient (Wildman–Crippen LogP) is 2.94. The first-order valence-corrected chi connectivity index (χ1v) is 7.93. The highest BCUT2D eigenvalue weighted by Crippen LogP contribution is 2.27. The SMILES string of the molecule is O=C(c1c(F)cc(F)cc1F)C1CCN(c2cc(Cl)n[nH]c2=O)CC1. The maximum absolute atomic E-state index is 13.8. The van der Waals surface area contributed by atoms with Crippen molar-refractivity contribution in [3.63, 3.8) is 0 Å². The van der Waals surface area contributed by atoms with Gasteiger partial charge in [-0.25, -0.2) is 18.3 Å². The van der Waals surface area contributed by atoms with E-state index in [1.165, 1.54) is 6.07 Å². The minimum absolute atomic E-state index is 0.128. The molecule has 0 amide bonds. The molecule has 0 bridgehead atoms. The van der Waals surface area contributed by atoms with Crippen LogP contribution in [0.1, 0.15) is 23.2 Å². The van der Waals surface area contributed by atoms with Gasteiger partial charge in [0.25, 0.3) is 5.56 Å². The van der Waals surface area contributed by atoms with Crippen LogP contribution in [0.4, 0.5) is 18.9 Å². The van der Waals surface area contributed by atoms with E-state index < -0.39 is 40.3 Å². The first-order chi connectivity index (χ1) is 11.9. The molecule has 0 saturated carbocycles. The average molecular weight is 372 g/mol. The molecule has 0 aliphatic carbocycles. The zero-order valence-electron chi connectivity index (χ0n) is 12.9. The first kappa shape index (κ1) is 17.5. The number of piperidine rings is 1. The molecule has 0 radical (unpaired) electrons. The monoisotopic (exact) mass is 371 g/mol. The van der Waals surface area contributed by atoms with Crippen LogP contribution < -0.4 is 10.5 Å². The molecule has 0 atom stereocenters. The second-order valence-corrected chi connectivity index (χ2v) is 6.16. The van der Waals surface area contributed by atoms with E-state index in [0.29, 0.717) is 43.8 Å². The Balaban J connectivity index is 1.75. The summed E-state index contributed by atoms with van der Waals surface area (Å²) in [5, 5.41) is 5.97. The van der Waals surface area contributed by atoms with E-state index in [2.05, 4.69) is 10.2 Å². The number of ketones is 1. The van der Waals surface area contributed by atoms with Crippen LogP contribution in [0, 0.1) is 23.4 Å². The second kappa shape index (κ2) is 6.87. The van der Waals surface area contributed by atoms with Crippen molar-refractivity contribution in [1.29, 1.82) is 0 Å². The van der Waals surface area contributed by atoms with Crippen molar-refractivity contribution in [2.75, 3.05) is 18.0 Å². The smallest absolute Gasteiger partial charge is 0.287 e. The fourth-order valence-electron chi connectivity index (χ4n) is 2.97. The molecule has 1 aliphatic rings. The van der Waals surface area contributed by atoms with Crippen molar-refractivity contribution < 1.29 is 18.0 Å². The van der Waals surface area contributed by atoms with Gasteiger partial charge in [-0.3, -0.25) is 9.59 Å². The molecular weight excluding hydrogens is 359 g/mol. The number of aromatic nitrogens is 2. The lowest BCUT2D eigenvalue weighted by Crippen LogP contribution is -2.39. The number of halogens is 4. The highest BCUT2D eigenvalue weighted by atomic mass is 35.5. The van der Waals surface area contributed by atoms with Gasteiger partial charge in [0, 0.05) is 37.2 Å². The molecule has 3 rings (SSSR count). The Labute approximate surface area is 145 Å². The summed E-state index contributed by atoms with van der Waals surface area (Å²) >= 11 is 5.77. The van der Waals surface area contributed by atoms with E-state index >= 15 is 0 Å². The minimum Gasteiger partial charge on any atom is -0.367 e. The first-order valence-electron chi connectivity index (χ1n) is 7.55. The molecule has 1 aliphatic heterocycles. The fraction of sp³-hybridized carbons (Fsp3) is 0.312. The molecular formula is C16H13ClF3N3O2. The van der Waals surface area contributed by atoms with Crippen molar-refractivity contribution >= 4 is 23.1 Å². The van der Waals surface area contributed by atoms with Crippen LogP contribution in [-0.2, 0) is 0 Å². The number of carbonyl (C=O) groups excluding carboxylic acids is 1. The second-order valence-electron chi connectivity index (χ2n) is 5.78. The van der Waals surface area contributed by atoms with Crippen LogP contribution >= 0.6 is 11.6 Å². The van der Waals surface area contributed by atoms with E-state index in [-0.39, 0.29) is 5.15 Å². The lowest BCUT2D eigenvalue weighted by atomic mass is 9.88. The summed E-state index contributed by atoms with van der Waals surface area (Å²) in [6.07, 6.45) is 0.600. The minimum atomic E-state index is -1.21. The molecule has 2 heterocycles. The molecule has 1 aromatic carbocycles. The Morgan fingerprint density at radius 2 is 1.76 bits per heavy atom. The number of carbonyl (C=O) groups is 1. The molecule has 1 fully saturated rings. The van der Waals surface area contributed by atoms with E-state index in [0.717, 1.165) is 0 Å². The number of benzene rings is 1. The quantitative estimate of drug-likeness (QED) is 0.842. The van der Waals surface area contributed by atoms with Gasteiger partial charge < -0.3 is 4.90 Å². The summed E-state index contributed by atoms with van der Waals surface area (Å²) in [5.41, 5.74) is -0.806. The highest BCUT2D eigenvalue weighted by Gasteiger charge is 2.30. The number of rotatable bonds is 3. The van der Waals surface area contributed by atoms with Crippen LogP contribution in [0.15, 0.2) is 23.0 Å². The van der Waals surface area contributed by atoms with Gasteiger partial charge in [0.15, 0.2) is 10.9 Å². The van der Waals surface area contributed by atoms with Gasteiger partial charge in [0.05, 0.1) is 5.56 Å². The molecule has 1 saturated heterocycles. The van der Waals surface area contributed by atoms with E-state index in [4.69, 9.17) is 11.6 Å². The topological polar surface area (TPSA) is 66.1 Å². The van der Waals surface area contributed by atoms with Gasteiger partial charge in [-0.2, -0.15) is 5.10 Å². The molecule has 5 nitrogen and oxygen atoms in total. The van der Waals surface area contributed by atoms with Gasteiger partial charge in [-0.05, 0) is 12.8 Å². The van der Waals surface area contributed by atoms with E-state index in [1.807, 2.05) is 0 Å². The number of aromatic amines is 1. The van der Waals surface area contributed by atoms with Crippen LogP contribution in [0.2, 0.25) is 5.15 Å². The molecule has 0 unspecified atom stereocenters. The Bertz CT molecular complexity index is 856. The predicted molar refractivity (Wildman–Crippen MR) is 85.5 cm³/mol. The number of hydrogen-bond donors (Lipinski definition) is 1. The molecule has 2 aromatic rings. The number of nitrogens with one attached hydrogen (secondary N) is 1. The Hall–Kier alpha value is -2.35. The van der Waals surface area contributed by atoms with Crippen LogP contribution in [0.5, 0.6) is 0 Å². The van der Waals surface area contributed by atoms with Crippen LogP contribution in [-0.4, -0.2) is 29.1 Å². The van der Waals surface area contributed by atoms with Gasteiger partial charge in [0.2, 0.25) is 0 Å². The van der Waals surface area contributed by atoms with Crippen molar-refractivity contribution in [1.82, 2.24) is 10.2 Å². The van der Waals surface area contributed by atoms with Crippen molar-refractivity contribution in [2.45, 2.75) is 12.8 Å². The maximum Gasteiger partial charge on any atom is 0.287 e. The standard InChI is InChI=1S/C16H13ClF3N3O2/c17-13-7-12(16(25)22-21-13)23-3-1-8(2-4-23)15(24)14-10(19)5-9(18)6-11(14)20/h5-8H,1-4H2,(H,22,25). The summed E-state index contributed by atoms with van der Waals surface area (Å²) in [6.45, 7) is 0.675. The van der Waals surface area contributed by atoms with Gasteiger partial charge >= 0.3 is 0 Å². The van der Waals surface area contributed by atoms with Crippen LogP contribution in [0.25, 0.3) is 0 Å². The molecule has 1 aromatic heterocycles. The van der Waals surface area contributed by atoms with Crippen molar-refractivity contribution in [2.24, 2.45) is 5.92 Å². The number of H-pyrrole nitrogens is 1. The summed E-state index contributed by atoms with van der Waals surface area (Å²) in [6, 6.07) is 2.40. The third-order valence-electron chi connectivity index (χ3n) is 4.21. The highest BCUT2D eigenvalue weighted by molar-refractivity contribution is 6.29. The number of nitrogens with zero attached hydrogens (tertiary/aromatic N) is 2. The largest absolute Gasteiger partial charge is 0.367 e. The zero-order valence-corrected chi connectivity index (χ0v) is 13.6. The Morgan fingerprint density at radius 3 is 2.36 bits per heavy atom. The van der Waals surface area contributed by atoms with E-state index in [1.54, 1.807) is 4.90 Å². The van der Waals surface area contributed by atoms with Crippen LogP contribution in [0.3, 0.4) is 0 Å². The van der Waals surface area contributed by atoms with Gasteiger partial charge in [0.1, 0.15) is 23.1 Å². The fourth-order valence-corrected chi connectivity index (χ4v) is 3.12. The Morgan fingerprint density at radius 1 is 1.16 bits per heavy atom. The lowest BCUT2D eigenvalue weighted by Gasteiger charge is -2.32. The molecule has 132 valence electrons. The summed E-state index contributed by atoms with van der Waals surface area (Å²) in [7, 11) is 0. The summed E-state index contributed by atoms with van der Waals surface area (Å²) in [4.78, 5) is 25.9. The third-order valence-corrected chi connectivity index (χ3v) is 4.41. The lowest BCUT2D eigenvalue weighted by molar-refractivity contribution is 0.0891. The molecule has 0 spiro atoms. The normalized spacial score (nSPS) is 15.4. The molecule has 9 heteroatoms. The summed E-state index contributed by atoms with van der Waals surface area (Å²) in [5.74, 6) is -4.79.